The molecule has 2 heterocycles. The summed E-state index contributed by atoms with van der Waals surface area (Å²) >= 11 is 1.76. The lowest BCUT2D eigenvalue weighted by Crippen LogP contribution is -2.47. The fourth-order valence-electron chi connectivity index (χ4n) is 2.45. The van der Waals surface area contributed by atoms with Crippen molar-refractivity contribution in [3.63, 3.8) is 0 Å². The van der Waals surface area contributed by atoms with E-state index in [1.807, 2.05) is 0 Å². The third-order valence-corrected chi connectivity index (χ3v) is 4.55. The zero-order valence-electron chi connectivity index (χ0n) is 11.6. The Kier molecular flexibility index (Phi) is 3.89. The van der Waals surface area contributed by atoms with Crippen LogP contribution < -0.4 is 5.73 Å². The molecule has 1 aliphatic heterocycles. The maximum Gasteiger partial charge on any atom is 0.191 e. The number of guanidine groups is 1. The highest BCUT2D eigenvalue weighted by Crippen LogP contribution is 2.26. The Morgan fingerprint density at radius 3 is 3.20 bits per heavy atom. The van der Waals surface area contributed by atoms with Crippen LogP contribution in [0.15, 0.2) is 34.6 Å². The summed E-state index contributed by atoms with van der Waals surface area (Å²) in [5.41, 5.74) is 7.34. The molecule has 2 aromatic rings. The molecule has 1 atom stereocenters. The average Bonchev–Trinajstić information content (AvgIpc) is 2.88. The van der Waals surface area contributed by atoms with Gasteiger partial charge < -0.3 is 15.4 Å². The molecule has 2 N–H and O–H groups in total. The van der Waals surface area contributed by atoms with Crippen molar-refractivity contribution in [2.24, 2.45) is 10.7 Å². The Morgan fingerprint density at radius 1 is 1.50 bits per heavy atom. The van der Waals surface area contributed by atoms with E-state index in [1.165, 1.54) is 15.6 Å². The van der Waals surface area contributed by atoms with Gasteiger partial charge in [-0.15, -0.1) is 11.3 Å². The second kappa shape index (κ2) is 5.81. The monoisotopic (exact) mass is 289 g/mol. The molecule has 3 rings (SSSR count). The molecule has 1 aliphatic rings. The highest BCUT2D eigenvalue weighted by atomic mass is 32.1. The number of rotatable bonds is 2. The lowest BCUT2D eigenvalue weighted by atomic mass is 10.2. The van der Waals surface area contributed by atoms with Gasteiger partial charge in [0, 0.05) is 17.8 Å². The van der Waals surface area contributed by atoms with Gasteiger partial charge in [0.1, 0.15) is 0 Å². The van der Waals surface area contributed by atoms with Gasteiger partial charge >= 0.3 is 0 Å². The minimum atomic E-state index is 0.222. The van der Waals surface area contributed by atoms with Gasteiger partial charge in [-0.25, -0.2) is 4.99 Å². The standard InChI is InChI=1S/C15H19N3OS/c1-11-9-18(6-7-19-11)15(16)17-8-12-10-20-14-5-3-2-4-13(12)14/h2-5,10-11H,6-9H2,1H3,(H2,16,17). The van der Waals surface area contributed by atoms with E-state index in [2.05, 4.69) is 46.5 Å². The Morgan fingerprint density at radius 2 is 2.35 bits per heavy atom. The summed E-state index contributed by atoms with van der Waals surface area (Å²) in [6.45, 7) is 5.07. The summed E-state index contributed by atoms with van der Waals surface area (Å²) in [4.78, 5) is 6.65. The lowest BCUT2D eigenvalue weighted by Gasteiger charge is -2.31. The first-order valence-corrected chi connectivity index (χ1v) is 7.73. The van der Waals surface area contributed by atoms with Crippen LogP contribution in [-0.4, -0.2) is 36.7 Å². The van der Waals surface area contributed by atoms with E-state index in [0.29, 0.717) is 12.5 Å². The van der Waals surface area contributed by atoms with Crippen molar-refractivity contribution in [2.45, 2.75) is 19.6 Å². The van der Waals surface area contributed by atoms with E-state index in [-0.39, 0.29) is 6.10 Å². The fraction of sp³-hybridized carbons (Fsp3) is 0.400. The molecule has 0 amide bonds. The summed E-state index contributed by atoms with van der Waals surface area (Å²) in [7, 11) is 0. The van der Waals surface area contributed by atoms with Crippen molar-refractivity contribution < 1.29 is 4.74 Å². The van der Waals surface area contributed by atoms with Gasteiger partial charge in [-0.05, 0) is 29.3 Å². The topological polar surface area (TPSA) is 50.8 Å². The highest BCUT2D eigenvalue weighted by Gasteiger charge is 2.17. The molecule has 0 radical (unpaired) electrons. The van der Waals surface area contributed by atoms with Crippen molar-refractivity contribution in [3.8, 4) is 0 Å². The predicted octanol–water partition coefficient (Wildman–Crippen LogP) is 2.44. The van der Waals surface area contributed by atoms with Crippen LogP contribution in [0.4, 0.5) is 0 Å². The van der Waals surface area contributed by atoms with Crippen molar-refractivity contribution in [1.29, 1.82) is 0 Å². The molecule has 1 saturated heterocycles. The van der Waals surface area contributed by atoms with E-state index < -0.39 is 0 Å². The van der Waals surface area contributed by atoms with Crippen LogP contribution in [0.5, 0.6) is 0 Å². The van der Waals surface area contributed by atoms with Gasteiger partial charge in [-0.1, -0.05) is 18.2 Å². The van der Waals surface area contributed by atoms with E-state index in [1.54, 1.807) is 11.3 Å². The molecule has 4 nitrogen and oxygen atoms in total. The quantitative estimate of drug-likeness (QED) is 0.682. The second-order valence-corrected chi connectivity index (χ2v) is 5.97. The molecule has 1 aromatic heterocycles. The first-order chi connectivity index (χ1) is 9.74. The number of hydrogen-bond acceptors (Lipinski definition) is 3. The minimum Gasteiger partial charge on any atom is -0.375 e. The molecular weight excluding hydrogens is 270 g/mol. The lowest BCUT2D eigenvalue weighted by molar-refractivity contribution is 0.00529. The van der Waals surface area contributed by atoms with Crippen LogP contribution >= 0.6 is 11.3 Å². The number of aliphatic imine (C=N–C) groups is 1. The smallest absolute Gasteiger partial charge is 0.191 e. The van der Waals surface area contributed by atoms with Crippen LogP contribution in [-0.2, 0) is 11.3 Å². The van der Waals surface area contributed by atoms with E-state index in [4.69, 9.17) is 10.5 Å². The third-order valence-electron chi connectivity index (χ3n) is 3.54. The first kappa shape index (κ1) is 13.4. The molecule has 5 heteroatoms. The van der Waals surface area contributed by atoms with Gasteiger partial charge in [0.25, 0.3) is 0 Å². The second-order valence-electron chi connectivity index (χ2n) is 5.06. The zero-order valence-corrected chi connectivity index (χ0v) is 12.4. The SMILES string of the molecule is CC1CN(C(N)=NCc2csc3ccccc23)CCO1. The van der Waals surface area contributed by atoms with Crippen LogP contribution in [0, 0.1) is 0 Å². The number of thiophene rings is 1. The Hall–Kier alpha value is -1.59. The number of nitrogens with zero attached hydrogens (tertiary/aromatic N) is 2. The van der Waals surface area contributed by atoms with Gasteiger partial charge in [0.2, 0.25) is 0 Å². The normalized spacial score (nSPS) is 20.6. The predicted molar refractivity (Wildman–Crippen MR) is 84.1 cm³/mol. The minimum absolute atomic E-state index is 0.222. The maximum absolute atomic E-state index is 6.10. The molecule has 0 saturated carbocycles. The molecule has 1 unspecified atom stereocenters. The van der Waals surface area contributed by atoms with E-state index in [0.717, 1.165) is 19.7 Å². The molecule has 0 aliphatic carbocycles. The Balaban J connectivity index is 1.73. The number of nitrogens with two attached hydrogens (primary N) is 1. The van der Waals surface area contributed by atoms with E-state index in [9.17, 15) is 0 Å². The number of ether oxygens (including phenoxy) is 1. The molecule has 20 heavy (non-hydrogen) atoms. The zero-order chi connectivity index (χ0) is 13.9. The highest BCUT2D eigenvalue weighted by molar-refractivity contribution is 7.17. The molecular formula is C15H19N3OS. The summed E-state index contributed by atoms with van der Waals surface area (Å²) < 4.78 is 6.82. The van der Waals surface area contributed by atoms with Crippen LogP contribution in [0.1, 0.15) is 12.5 Å². The Labute approximate surface area is 122 Å². The summed E-state index contributed by atoms with van der Waals surface area (Å²) in [5.74, 6) is 0.621. The van der Waals surface area contributed by atoms with Crippen LogP contribution in [0.3, 0.4) is 0 Å². The third kappa shape index (κ3) is 2.78. The average molecular weight is 289 g/mol. The van der Waals surface area contributed by atoms with Crippen molar-refractivity contribution in [3.05, 3.63) is 35.2 Å². The number of fused-ring (bicyclic) bond motifs is 1. The summed E-state index contributed by atoms with van der Waals surface area (Å²) in [5, 5.41) is 3.45. The molecule has 106 valence electrons. The van der Waals surface area contributed by atoms with Gasteiger partial charge in [-0.2, -0.15) is 0 Å². The van der Waals surface area contributed by atoms with Crippen molar-refractivity contribution in [1.82, 2.24) is 4.90 Å². The van der Waals surface area contributed by atoms with E-state index >= 15 is 0 Å². The van der Waals surface area contributed by atoms with Crippen molar-refractivity contribution >= 4 is 27.4 Å². The number of morpholine rings is 1. The summed E-state index contributed by atoms with van der Waals surface area (Å²) in [6.07, 6.45) is 0.222. The molecule has 1 aromatic carbocycles. The number of hydrogen-bond donors (Lipinski definition) is 1. The molecule has 0 bridgehead atoms. The number of benzene rings is 1. The van der Waals surface area contributed by atoms with Crippen molar-refractivity contribution in [2.75, 3.05) is 19.7 Å². The Bertz CT molecular complexity index is 622. The van der Waals surface area contributed by atoms with Gasteiger partial charge in [0.05, 0.1) is 19.3 Å². The summed E-state index contributed by atoms with van der Waals surface area (Å²) in [6, 6.07) is 8.41. The van der Waals surface area contributed by atoms with Gasteiger partial charge in [0.15, 0.2) is 5.96 Å². The molecule has 0 spiro atoms. The maximum atomic E-state index is 6.10. The largest absolute Gasteiger partial charge is 0.375 e. The fourth-order valence-corrected chi connectivity index (χ4v) is 3.40. The van der Waals surface area contributed by atoms with Gasteiger partial charge in [-0.3, -0.25) is 0 Å². The van der Waals surface area contributed by atoms with Crippen LogP contribution in [0.2, 0.25) is 0 Å². The molecule has 1 fully saturated rings. The first-order valence-electron chi connectivity index (χ1n) is 6.85. The van der Waals surface area contributed by atoms with Crippen LogP contribution in [0.25, 0.3) is 10.1 Å².